The minimum Gasteiger partial charge on any atom is -0.378 e. The second kappa shape index (κ2) is 7.88. The molecule has 2 aromatic rings. The molecular formula is C18H22N4O2. The van der Waals surface area contributed by atoms with Gasteiger partial charge in [-0.2, -0.15) is 0 Å². The van der Waals surface area contributed by atoms with Crippen LogP contribution in [0.3, 0.4) is 0 Å². The van der Waals surface area contributed by atoms with Crippen LogP contribution in [-0.4, -0.2) is 60.7 Å². The second-order valence-corrected chi connectivity index (χ2v) is 5.83. The Morgan fingerprint density at radius 3 is 2.71 bits per heavy atom. The van der Waals surface area contributed by atoms with Gasteiger partial charge >= 0.3 is 0 Å². The molecule has 3 heterocycles. The monoisotopic (exact) mass is 326 g/mol. The summed E-state index contributed by atoms with van der Waals surface area (Å²) < 4.78 is 5.29. The summed E-state index contributed by atoms with van der Waals surface area (Å²) >= 11 is 0. The molecule has 1 amide bonds. The van der Waals surface area contributed by atoms with Gasteiger partial charge in [-0.05, 0) is 36.2 Å². The molecule has 1 aliphatic heterocycles. The van der Waals surface area contributed by atoms with Crippen LogP contribution in [0.4, 0.5) is 5.69 Å². The van der Waals surface area contributed by atoms with Crippen LogP contribution in [0.25, 0.3) is 0 Å². The van der Waals surface area contributed by atoms with Crippen molar-refractivity contribution in [3.8, 4) is 0 Å². The lowest BCUT2D eigenvalue weighted by atomic mass is 10.2. The maximum absolute atomic E-state index is 12.5. The van der Waals surface area contributed by atoms with Crippen LogP contribution < -0.4 is 4.90 Å². The Balaban J connectivity index is 1.64. The Morgan fingerprint density at radius 1 is 1.21 bits per heavy atom. The highest BCUT2D eigenvalue weighted by Crippen LogP contribution is 2.15. The number of rotatable bonds is 5. The Kier molecular flexibility index (Phi) is 5.38. The molecule has 1 fully saturated rings. The van der Waals surface area contributed by atoms with E-state index in [9.17, 15) is 4.79 Å². The molecule has 0 atom stereocenters. The van der Waals surface area contributed by atoms with Crippen molar-refractivity contribution in [2.24, 2.45) is 0 Å². The molecule has 0 spiro atoms. The van der Waals surface area contributed by atoms with E-state index in [0.29, 0.717) is 32.0 Å². The molecule has 6 nitrogen and oxygen atoms in total. The molecule has 0 radical (unpaired) electrons. The maximum Gasteiger partial charge on any atom is 0.272 e. The van der Waals surface area contributed by atoms with Crippen molar-refractivity contribution in [3.63, 3.8) is 0 Å². The summed E-state index contributed by atoms with van der Waals surface area (Å²) in [6.45, 7) is 3.30. The molecule has 0 aliphatic carbocycles. The first kappa shape index (κ1) is 16.4. The number of ether oxygens (including phenoxy) is 1. The average molecular weight is 326 g/mol. The van der Waals surface area contributed by atoms with Gasteiger partial charge in [0.2, 0.25) is 0 Å². The van der Waals surface area contributed by atoms with Gasteiger partial charge in [-0.25, -0.2) is 0 Å². The number of hydrogen-bond donors (Lipinski definition) is 0. The number of likely N-dealkylation sites (N-methyl/N-ethyl adjacent to an activating group) is 1. The average Bonchev–Trinajstić information content (AvgIpc) is 2.67. The molecule has 0 unspecified atom stereocenters. The largest absolute Gasteiger partial charge is 0.378 e. The third kappa shape index (κ3) is 4.08. The molecule has 24 heavy (non-hydrogen) atoms. The zero-order valence-electron chi connectivity index (χ0n) is 13.9. The quantitative estimate of drug-likeness (QED) is 0.836. The first-order valence-electron chi connectivity index (χ1n) is 8.17. The van der Waals surface area contributed by atoms with Crippen molar-refractivity contribution in [1.29, 1.82) is 0 Å². The molecule has 0 N–H and O–H groups in total. The molecule has 2 aromatic heterocycles. The van der Waals surface area contributed by atoms with Gasteiger partial charge in [-0.15, -0.1) is 0 Å². The second-order valence-electron chi connectivity index (χ2n) is 5.83. The fourth-order valence-electron chi connectivity index (χ4n) is 2.68. The van der Waals surface area contributed by atoms with Crippen molar-refractivity contribution >= 4 is 11.6 Å². The number of aromatic nitrogens is 2. The summed E-state index contributed by atoms with van der Waals surface area (Å²) in [4.78, 5) is 24.8. The van der Waals surface area contributed by atoms with Gasteiger partial charge in [0.1, 0.15) is 5.69 Å². The van der Waals surface area contributed by atoms with Crippen molar-refractivity contribution in [1.82, 2.24) is 14.9 Å². The summed E-state index contributed by atoms with van der Waals surface area (Å²) in [6, 6.07) is 7.84. The van der Waals surface area contributed by atoms with Crippen LogP contribution in [0.5, 0.6) is 0 Å². The molecule has 0 saturated carbocycles. The highest BCUT2D eigenvalue weighted by molar-refractivity contribution is 5.93. The van der Waals surface area contributed by atoms with Crippen LogP contribution in [-0.2, 0) is 11.2 Å². The lowest BCUT2D eigenvalue weighted by molar-refractivity contribution is 0.0299. The Bertz CT molecular complexity index is 672. The minimum absolute atomic E-state index is 0.0253. The highest BCUT2D eigenvalue weighted by Gasteiger charge is 2.20. The maximum atomic E-state index is 12.5. The van der Waals surface area contributed by atoms with Gasteiger partial charge in [0.25, 0.3) is 5.91 Å². The molecule has 1 saturated heterocycles. The fourth-order valence-corrected chi connectivity index (χ4v) is 2.68. The number of carbonyl (C=O) groups excluding carboxylic acids is 1. The molecule has 1 aliphatic rings. The lowest BCUT2D eigenvalue weighted by Gasteiger charge is -2.27. The van der Waals surface area contributed by atoms with Crippen molar-refractivity contribution in [3.05, 3.63) is 54.1 Å². The highest BCUT2D eigenvalue weighted by atomic mass is 16.5. The van der Waals surface area contributed by atoms with Crippen LogP contribution in [0.2, 0.25) is 0 Å². The SMILES string of the molecule is CN(CCc1ccncc1)c1ccnc(C(=O)N2CCOCC2)c1. The van der Waals surface area contributed by atoms with E-state index in [0.717, 1.165) is 18.7 Å². The normalized spacial score (nSPS) is 14.5. The summed E-state index contributed by atoms with van der Waals surface area (Å²) in [6.07, 6.45) is 6.24. The van der Waals surface area contributed by atoms with Gasteiger partial charge in [0, 0.05) is 51.0 Å². The third-order valence-corrected chi connectivity index (χ3v) is 4.19. The standard InChI is InChI=1S/C18H22N4O2/c1-21(9-5-15-2-6-19-7-3-15)16-4-8-20-17(14-16)18(23)22-10-12-24-13-11-22/h2-4,6-8,14H,5,9-13H2,1H3. The summed E-state index contributed by atoms with van der Waals surface area (Å²) in [5.74, 6) is -0.0253. The van der Waals surface area contributed by atoms with E-state index < -0.39 is 0 Å². The molecular weight excluding hydrogens is 304 g/mol. The Labute approximate surface area is 142 Å². The molecule has 126 valence electrons. The van der Waals surface area contributed by atoms with Crippen molar-refractivity contribution in [2.75, 3.05) is 44.8 Å². The molecule has 3 rings (SSSR count). The lowest BCUT2D eigenvalue weighted by Crippen LogP contribution is -2.41. The van der Waals surface area contributed by atoms with Gasteiger partial charge in [-0.1, -0.05) is 0 Å². The van der Waals surface area contributed by atoms with Gasteiger partial charge in [0.15, 0.2) is 0 Å². The topological polar surface area (TPSA) is 58.6 Å². The molecule has 6 heteroatoms. The first-order chi connectivity index (χ1) is 11.7. The van der Waals surface area contributed by atoms with Gasteiger partial charge in [0.05, 0.1) is 13.2 Å². The van der Waals surface area contributed by atoms with Gasteiger partial charge < -0.3 is 14.5 Å². The van der Waals surface area contributed by atoms with Crippen LogP contribution >= 0.6 is 0 Å². The number of morpholine rings is 1. The summed E-state index contributed by atoms with van der Waals surface area (Å²) in [7, 11) is 2.03. The number of anilines is 1. The summed E-state index contributed by atoms with van der Waals surface area (Å²) in [5.41, 5.74) is 2.73. The number of carbonyl (C=O) groups is 1. The van der Waals surface area contributed by atoms with E-state index in [1.165, 1.54) is 5.56 Å². The van der Waals surface area contributed by atoms with Crippen LogP contribution in [0, 0.1) is 0 Å². The molecule has 0 bridgehead atoms. The minimum atomic E-state index is -0.0253. The van der Waals surface area contributed by atoms with E-state index in [1.807, 2.05) is 31.3 Å². The van der Waals surface area contributed by atoms with E-state index >= 15 is 0 Å². The predicted molar refractivity (Wildman–Crippen MR) is 92.2 cm³/mol. The van der Waals surface area contributed by atoms with E-state index in [1.54, 1.807) is 23.5 Å². The number of amides is 1. The van der Waals surface area contributed by atoms with Crippen LogP contribution in [0.1, 0.15) is 16.1 Å². The van der Waals surface area contributed by atoms with Gasteiger partial charge in [-0.3, -0.25) is 14.8 Å². The smallest absolute Gasteiger partial charge is 0.272 e. The third-order valence-electron chi connectivity index (χ3n) is 4.19. The van der Waals surface area contributed by atoms with Crippen molar-refractivity contribution < 1.29 is 9.53 Å². The van der Waals surface area contributed by atoms with E-state index in [2.05, 4.69) is 14.9 Å². The zero-order chi connectivity index (χ0) is 16.8. The summed E-state index contributed by atoms with van der Waals surface area (Å²) in [5, 5.41) is 0. The Hall–Kier alpha value is -2.47. The Morgan fingerprint density at radius 2 is 1.96 bits per heavy atom. The van der Waals surface area contributed by atoms with Crippen molar-refractivity contribution in [2.45, 2.75) is 6.42 Å². The zero-order valence-corrected chi connectivity index (χ0v) is 13.9. The van der Waals surface area contributed by atoms with E-state index in [-0.39, 0.29) is 5.91 Å². The number of hydrogen-bond acceptors (Lipinski definition) is 5. The van der Waals surface area contributed by atoms with E-state index in [4.69, 9.17) is 4.74 Å². The molecule has 0 aromatic carbocycles. The fraction of sp³-hybridized carbons (Fsp3) is 0.389. The predicted octanol–water partition coefficient (Wildman–Crippen LogP) is 1.63. The number of nitrogens with zero attached hydrogens (tertiary/aromatic N) is 4. The first-order valence-corrected chi connectivity index (χ1v) is 8.17. The van der Waals surface area contributed by atoms with Crippen LogP contribution in [0.15, 0.2) is 42.9 Å². The number of pyridine rings is 2.